The fourth-order valence-corrected chi connectivity index (χ4v) is 5.45. The van der Waals surface area contributed by atoms with Crippen molar-refractivity contribution >= 4 is 45.5 Å². The van der Waals surface area contributed by atoms with Gasteiger partial charge in [-0.25, -0.2) is 9.37 Å². The number of hydrogen-bond donors (Lipinski definition) is 0. The topological polar surface area (TPSA) is 56.0 Å². The van der Waals surface area contributed by atoms with E-state index in [1.165, 1.54) is 33.2 Å². The summed E-state index contributed by atoms with van der Waals surface area (Å²) in [5.41, 5.74) is 3.48. The average molecular weight is 458 g/mol. The SMILES string of the molecule is Cc1cccc(C[N+]2=C(SCc3cccc4ccccc34)N=C3C2C(=O)N(C)C(=O)N3C)c1. The molecule has 3 amide bonds. The van der Waals surface area contributed by atoms with Crippen molar-refractivity contribution in [2.45, 2.75) is 25.3 Å². The molecule has 6 nitrogen and oxygen atoms in total. The van der Waals surface area contributed by atoms with Gasteiger partial charge in [-0.15, -0.1) is 0 Å². The molecule has 0 N–H and O–H groups in total. The molecule has 2 aliphatic heterocycles. The van der Waals surface area contributed by atoms with Crippen LogP contribution in [-0.2, 0) is 17.1 Å². The number of aryl methyl sites for hydroxylation is 1. The molecule has 2 aliphatic rings. The molecule has 3 aromatic carbocycles. The second kappa shape index (κ2) is 8.48. The Morgan fingerprint density at radius 2 is 1.73 bits per heavy atom. The predicted octanol–water partition coefficient (Wildman–Crippen LogP) is 4.25. The first kappa shape index (κ1) is 21.4. The van der Waals surface area contributed by atoms with Crippen molar-refractivity contribution in [2.24, 2.45) is 4.99 Å². The van der Waals surface area contributed by atoms with Crippen molar-refractivity contribution < 1.29 is 14.2 Å². The number of imide groups is 1. The molecule has 1 fully saturated rings. The van der Waals surface area contributed by atoms with E-state index in [1.54, 1.807) is 18.8 Å². The molecule has 33 heavy (non-hydrogen) atoms. The number of carbonyl (C=O) groups is 2. The molecule has 0 bridgehead atoms. The van der Waals surface area contributed by atoms with Crippen LogP contribution in [0.5, 0.6) is 0 Å². The maximum absolute atomic E-state index is 13.2. The highest BCUT2D eigenvalue weighted by Gasteiger charge is 2.53. The fourth-order valence-electron chi connectivity index (χ4n) is 4.42. The summed E-state index contributed by atoms with van der Waals surface area (Å²) in [4.78, 5) is 33.2. The van der Waals surface area contributed by atoms with Crippen LogP contribution in [0.1, 0.15) is 16.7 Å². The molecule has 7 heteroatoms. The maximum atomic E-state index is 13.2. The number of rotatable bonds is 4. The third-order valence-corrected chi connectivity index (χ3v) is 7.21. The van der Waals surface area contributed by atoms with Crippen molar-refractivity contribution in [1.29, 1.82) is 0 Å². The lowest BCUT2D eigenvalue weighted by atomic mass is 10.1. The van der Waals surface area contributed by atoms with Crippen molar-refractivity contribution in [3.8, 4) is 0 Å². The standard InChI is InChI=1S/C26H25N4O2S/c1-17-8-6-9-18(14-17)15-30-22-23(28(2)26(32)29(3)24(22)31)27-25(30)33-16-20-12-7-11-19-10-4-5-13-21(19)20/h4-14,22H,15-16H2,1-3H3/q+1. The molecule has 0 spiro atoms. The van der Waals surface area contributed by atoms with Crippen molar-refractivity contribution in [1.82, 2.24) is 9.80 Å². The summed E-state index contributed by atoms with van der Waals surface area (Å²) in [5.74, 6) is 0.966. The normalized spacial score (nSPS) is 18.3. The molecule has 0 radical (unpaired) electrons. The third-order valence-electron chi connectivity index (χ3n) is 6.17. The van der Waals surface area contributed by atoms with E-state index in [1.807, 2.05) is 22.8 Å². The lowest BCUT2D eigenvalue weighted by molar-refractivity contribution is -0.548. The zero-order valence-corrected chi connectivity index (χ0v) is 19.7. The number of likely N-dealkylation sites (N-methyl/N-ethyl adjacent to an activating group) is 2. The first-order valence-corrected chi connectivity index (χ1v) is 11.8. The van der Waals surface area contributed by atoms with Gasteiger partial charge in [0.2, 0.25) is 0 Å². The minimum atomic E-state index is -0.603. The number of urea groups is 1. The van der Waals surface area contributed by atoms with Crippen LogP contribution in [0.25, 0.3) is 10.8 Å². The summed E-state index contributed by atoms with van der Waals surface area (Å²) in [6, 6.07) is 21.9. The van der Waals surface area contributed by atoms with Crippen LogP contribution < -0.4 is 0 Å². The molecule has 1 unspecified atom stereocenters. The Bertz CT molecular complexity index is 1340. The van der Waals surface area contributed by atoms with Gasteiger partial charge in [0.15, 0.2) is 0 Å². The molecule has 0 saturated carbocycles. The molecule has 0 aliphatic carbocycles. The maximum Gasteiger partial charge on any atom is 0.358 e. The minimum Gasteiger partial charge on any atom is -0.269 e. The van der Waals surface area contributed by atoms with E-state index in [-0.39, 0.29) is 11.9 Å². The summed E-state index contributed by atoms with van der Waals surface area (Å²) < 4.78 is 2.03. The molecule has 0 aromatic heterocycles. The van der Waals surface area contributed by atoms with Crippen molar-refractivity contribution in [2.75, 3.05) is 14.1 Å². The van der Waals surface area contributed by atoms with Gasteiger partial charge >= 0.3 is 11.2 Å². The zero-order valence-electron chi connectivity index (χ0n) is 18.9. The Hall–Kier alpha value is -3.45. The lowest BCUT2D eigenvalue weighted by Crippen LogP contribution is -2.61. The Kier molecular flexibility index (Phi) is 5.50. The van der Waals surface area contributed by atoms with Crippen LogP contribution in [0.2, 0.25) is 0 Å². The molecule has 3 aromatic rings. The summed E-state index contributed by atoms with van der Waals surface area (Å²) in [6.45, 7) is 2.60. The Morgan fingerprint density at radius 1 is 0.970 bits per heavy atom. The minimum absolute atomic E-state index is 0.245. The number of amides is 3. The number of hydrogen-bond acceptors (Lipinski definition) is 4. The average Bonchev–Trinajstić information content (AvgIpc) is 3.18. The van der Waals surface area contributed by atoms with Gasteiger partial charge in [0, 0.05) is 19.8 Å². The summed E-state index contributed by atoms with van der Waals surface area (Å²) in [6.07, 6.45) is 0. The van der Waals surface area contributed by atoms with Gasteiger partial charge in [0.1, 0.15) is 6.54 Å². The quantitative estimate of drug-likeness (QED) is 0.550. The Morgan fingerprint density at radius 3 is 2.55 bits per heavy atom. The Labute approximate surface area is 197 Å². The van der Waals surface area contributed by atoms with E-state index in [2.05, 4.69) is 55.5 Å². The van der Waals surface area contributed by atoms with E-state index >= 15 is 0 Å². The number of carbonyl (C=O) groups excluding carboxylic acids is 2. The smallest absolute Gasteiger partial charge is 0.269 e. The summed E-state index contributed by atoms with van der Waals surface area (Å²) >= 11 is 1.60. The monoisotopic (exact) mass is 457 g/mol. The largest absolute Gasteiger partial charge is 0.358 e. The van der Waals surface area contributed by atoms with Gasteiger partial charge in [0.25, 0.3) is 17.8 Å². The summed E-state index contributed by atoms with van der Waals surface area (Å²) in [5, 5.41) is 3.17. The molecular formula is C26H25N4O2S+. The molecule has 1 saturated heterocycles. The van der Waals surface area contributed by atoms with Crippen LogP contribution in [0.15, 0.2) is 71.7 Å². The number of fused-ring (bicyclic) bond motifs is 2. The van der Waals surface area contributed by atoms with Crippen LogP contribution in [-0.4, -0.2) is 57.5 Å². The molecule has 2 heterocycles. The highest BCUT2D eigenvalue weighted by molar-refractivity contribution is 8.13. The third kappa shape index (κ3) is 3.82. The number of amidine groups is 2. The number of aliphatic imine (C=N–C) groups is 1. The number of benzene rings is 3. The number of thioether (sulfide) groups is 1. The van der Waals surface area contributed by atoms with Gasteiger partial charge in [-0.05, 0) is 45.6 Å². The molecule has 166 valence electrons. The van der Waals surface area contributed by atoms with Gasteiger partial charge in [0.05, 0.1) is 0 Å². The summed E-state index contributed by atoms with van der Waals surface area (Å²) in [7, 11) is 3.21. The van der Waals surface area contributed by atoms with Gasteiger partial charge < -0.3 is 0 Å². The molecule has 5 rings (SSSR count). The van der Waals surface area contributed by atoms with Gasteiger partial charge in [-0.1, -0.05) is 72.3 Å². The first-order chi connectivity index (χ1) is 15.9. The van der Waals surface area contributed by atoms with Crippen molar-refractivity contribution in [3.05, 3.63) is 83.4 Å². The first-order valence-electron chi connectivity index (χ1n) is 10.9. The van der Waals surface area contributed by atoms with Crippen LogP contribution in [0.3, 0.4) is 0 Å². The number of nitrogens with zero attached hydrogens (tertiary/aromatic N) is 4. The molecule has 1 atom stereocenters. The van der Waals surface area contributed by atoms with Gasteiger partial charge in [-0.2, -0.15) is 0 Å². The lowest BCUT2D eigenvalue weighted by Gasteiger charge is -2.30. The van der Waals surface area contributed by atoms with Crippen molar-refractivity contribution in [3.63, 3.8) is 0 Å². The Balaban J connectivity index is 1.53. The zero-order chi connectivity index (χ0) is 23.1. The fraction of sp³-hybridized carbons (Fsp3) is 0.231. The molecular weight excluding hydrogens is 432 g/mol. The van der Waals surface area contributed by atoms with Crippen LogP contribution in [0.4, 0.5) is 4.79 Å². The van der Waals surface area contributed by atoms with Gasteiger partial charge in [-0.3, -0.25) is 14.6 Å². The highest BCUT2D eigenvalue weighted by Crippen LogP contribution is 2.28. The van der Waals surface area contributed by atoms with Crippen LogP contribution >= 0.6 is 11.8 Å². The van der Waals surface area contributed by atoms with E-state index in [0.29, 0.717) is 18.1 Å². The second-order valence-electron chi connectivity index (χ2n) is 8.44. The van der Waals surface area contributed by atoms with E-state index < -0.39 is 6.04 Å². The van der Waals surface area contributed by atoms with E-state index in [9.17, 15) is 9.59 Å². The highest BCUT2D eigenvalue weighted by atomic mass is 32.2. The predicted molar refractivity (Wildman–Crippen MR) is 133 cm³/mol. The van der Waals surface area contributed by atoms with E-state index in [4.69, 9.17) is 4.99 Å². The second-order valence-corrected chi connectivity index (χ2v) is 9.38. The van der Waals surface area contributed by atoms with Crippen LogP contribution in [0, 0.1) is 6.92 Å². The van der Waals surface area contributed by atoms with E-state index in [0.717, 1.165) is 16.3 Å².